The highest BCUT2D eigenvalue weighted by atomic mass is 16.8. The number of rotatable bonds is 2. The minimum atomic E-state index is -0.0842. The molecule has 76 valence electrons. The number of ether oxygens (including phenoxy) is 2. The molecule has 0 aromatic rings. The topological polar surface area (TPSA) is 25.0 Å². The Bertz CT molecular complexity index is 182. The van der Waals surface area contributed by atoms with Crippen LogP contribution in [0.2, 0.25) is 0 Å². The average Bonchev–Trinajstić information content (AvgIpc) is 2.58. The van der Waals surface area contributed by atoms with E-state index in [0.29, 0.717) is 0 Å². The van der Waals surface area contributed by atoms with E-state index in [1.807, 2.05) is 0 Å². The number of hydrogen-bond acceptors (Lipinski definition) is 3. The van der Waals surface area contributed by atoms with E-state index >= 15 is 0 Å². The van der Waals surface area contributed by atoms with Crippen molar-refractivity contribution in [2.24, 2.45) is 0 Å². The van der Waals surface area contributed by atoms with Gasteiger partial charge in [0.2, 0.25) is 0 Å². The molecular formula is C10H19NO2. The van der Waals surface area contributed by atoms with Crippen LogP contribution >= 0.6 is 0 Å². The lowest BCUT2D eigenvalue weighted by atomic mass is 10.2. The first-order chi connectivity index (χ1) is 6.06. The molecule has 0 amide bonds. The normalized spacial score (nSPS) is 35.3. The molecule has 2 rings (SSSR count). The van der Waals surface area contributed by atoms with Crippen LogP contribution in [0.15, 0.2) is 0 Å². The highest BCUT2D eigenvalue weighted by molar-refractivity contribution is 4.83. The third kappa shape index (κ3) is 2.42. The molecule has 3 heteroatoms. The van der Waals surface area contributed by atoms with Gasteiger partial charge in [0.15, 0.2) is 12.5 Å². The van der Waals surface area contributed by atoms with Crippen molar-refractivity contribution in [3.63, 3.8) is 0 Å². The summed E-state index contributed by atoms with van der Waals surface area (Å²) in [6.45, 7) is 8.55. The number of epoxide rings is 1. The Balaban J connectivity index is 1.75. The van der Waals surface area contributed by atoms with Gasteiger partial charge in [-0.15, -0.1) is 0 Å². The van der Waals surface area contributed by atoms with Gasteiger partial charge >= 0.3 is 0 Å². The Morgan fingerprint density at radius 3 is 2.38 bits per heavy atom. The van der Waals surface area contributed by atoms with Gasteiger partial charge in [0.05, 0.1) is 5.60 Å². The molecule has 0 radical (unpaired) electrons. The maximum atomic E-state index is 5.71. The summed E-state index contributed by atoms with van der Waals surface area (Å²) >= 11 is 0. The molecule has 0 spiro atoms. The second-order valence-electron chi connectivity index (χ2n) is 4.87. The molecule has 2 saturated heterocycles. The maximum Gasteiger partial charge on any atom is 0.200 e. The van der Waals surface area contributed by atoms with Crippen molar-refractivity contribution in [2.75, 3.05) is 13.1 Å². The molecule has 3 nitrogen and oxygen atoms in total. The van der Waals surface area contributed by atoms with Crippen molar-refractivity contribution < 1.29 is 9.47 Å². The van der Waals surface area contributed by atoms with Crippen molar-refractivity contribution >= 4 is 0 Å². The van der Waals surface area contributed by atoms with E-state index in [1.165, 1.54) is 25.9 Å². The van der Waals surface area contributed by atoms with Crippen LogP contribution in [0.1, 0.15) is 33.6 Å². The summed E-state index contributed by atoms with van der Waals surface area (Å²) in [4.78, 5) is 2.37. The first-order valence-corrected chi connectivity index (χ1v) is 5.14. The van der Waals surface area contributed by atoms with Crippen LogP contribution < -0.4 is 0 Å². The zero-order valence-electron chi connectivity index (χ0n) is 8.75. The summed E-state index contributed by atoms with van der Waals surface area (Å²) in [5.41, 5.74) is -0.0842. The predicted molar refractivity (Wildman–Crippen MR) is 50.3 cm³/mol. The molecule has 0 aliphatic carbocycles. The van der Waals surface area contributed by atoms with Gasteiger partial charge in [0.25, 0.3) is 0 Å². The Labute approximate surface area is 80.0 Å². The summed E-state index contributed by atoms with van der Waals surface area (Å²) in [6, 6.07) is 0. The van der Waals surface area contributed by atoms with Gasteiger partial charge in [0, 0.05) is 13.1 Å². The van der Waals surface area contributed by atoms with E-state index < -0.39 is 0 Å². The lowest BCUT2D eigenvalue weighted by Gasteiger charge is -2.18. The van der Waals surface area contributed by atoms with Crippen molar-refractivity contribution in [1.29, 1.82) is 0 Å². The van der Waals surface area contributed by atoms with Gasteiger partial charge in [-0.2, -0.15) is 0 Å². The van der Waals surface area contributed by atoms with Crippen molar-refractivity contribution in [1.82, 2.24) is 4.90 Å². The minimum Gasteiger partial charge on any atom is -0.343 e. The van der Waals surface area contributed by atoms with Crippen molar-refractivity contribution in [2.45, 2.75) is 51.7 Å². The third-order valence-electron chi connectivity index (χ3n) is 2.40. The summed E-state index contributed by atoms with van der Waals surface area (Å²) < 4.78 is 11.2. The van der Waals surface area contributed by atoms with Crippen molar-refractivity contribution in [3.8, 4) is 0 Å². The zero-order chi connectivity index (χ0) is 9.47. The van der Waals surface area contributed by atoms with E-state index in [4.69, 9.17) is 9.47 Å². The van der Waals surface area contributed by atoms with Crippen LogP contribution in [0.25, 0.3) is 0 Å². The Kier molecular flexibility index (Phi) is 2.34. The van der Waals surface area contributed by atoms with Crippen LogP contribution in [-0.4, -0.2) is 36.1 Å². The van der Waals surface area contributed by atoms with Gasteiger partial charge < -0.3 is 9.47 Å². The first-order valence-electron chi connectivity index (χ1n) is 5.14. The average molecular weight is 185 g/mol. The first kappa shape index (κ1) is 9.44. The molecule has 2 aliphatic heterocycles. The van der Waals surface area contributed by atoms with Crippen LogP contribution in [-0.2, 0) is 9.47 Å². The zero-order valence-corrected chi connectivity index (χ0v) is 8.75. The third-order valence-corrected chi connectivity index (χ3v) is 2.40. The van der Waals surface area contributed by atoms with Crippen LogP contribution in [0.3, 0.4) is 0 Å². The van der Waals surface area contributed by atoms with E-state index in [-0.39, 0.29) is 18.1 Å². The van der Waals surface area contributed by atoms with E-state index in [0.717, 1.165) is 0 Å². The van der Waals surface area contributed by atoms with Crippen LogP contribution in [0, 0.1) is 0 Å². The lowest BCUT2D eigenvalue weighted by molar-refractivity contribution is -0.0576. The molecular weight excluding hydrogens is 166 g/mol. The standard InChI is InChI=1S/C10H19NO2/c1-10(2,3)13-9-8(12-9)11-6-4-5-7-11/h8-9H,4-7H2,1-3H3. The van der Waals surface area contributed by atoms with Crippen LogP contribution in [0.4, 0.5) is 0 Å². The molecule has 0 N–H and O–H groups in total. The largest absolute Gasteiger partial charge is 0.343 e. The van der Waals surface area contributed by atoms with Gasteiger partial charge in [-0.3, -0.25) is 4.90 Å². The summed E-state index contributed by atoms with van der Waals surface area (Å²) in [6.07, 6.45) is 2.89. The fourth-order valence-electron chi connectivity index (χ4n) is 1.78. The quantitative estimate of drug-likeness (QED) is 0.611. The molecule has 0 aromatic carbocycles. The Hall–Kier alpha value is -0.120. The SMILES string of the molecule is CC(C)(C)OC1OC1N1CCCC1. The second-order valence-corrected chi connectivity index (χ2v) is 4.87. The Morgan fingerprint density at radius 1 is 1.23 bits per heavy atom. The molecule has 0 bridgehead atoms. The highest BCUT2D eigenvalue weighted by Crippen LogP contribution is 2.32. The Morgan fingerprint density at radius 2 is 1.85 bits per heavy atom. The van der Waals surface area contributed by atoms with Crippen molar-refractivity contribution in [3.05, 3.63) is 0 Å². The molecule has 2 atom stereocenters. The fourth-order valence-corrected chi connectivity index (χ4v) is 1.78. The highest BCUT2D eigenvalue weighted by Gasteiger charge is 2.47. The van der Waals surface area contributed by atoms with E-state index in [9.17, 15) is 0 Å². The number of nitrogens with zero attached hydrogens (tertiary/aromatic N) is 1. The smallest absolute Gasteiger partial charge is 0.200 e. The van der Waals surface area contributed by atoms with Gasteiger partial charge in [-0.1, -0.05) is 0 Å². The molecule has 2 aliphatic rings. The summed E-state index contributed by atoms with van der Waals surface area (Å²) in [7, 11) is 0. The molecule has 0 aromatic heterocycles. The van der Waals surface area contributed by atoms with E-state index in [1.54, 1.807) is 0 Å². The number of hydrogen-bond donors (Lipinski definition) is 0. The summed E-state index contributed by atoms with van der Waals surface area (Å²) in [5.74, 6) is 0. The fraction of sp³-hybridized carbons (Fsp3) is 1.00. The number of likely N-dealkylation sites (tertiary alicyclic amines) is 1. The minimum absolute atomic E-state index is 0.0260. The van der Waals surface area contributed by atoms with Crippen LogP contribution in [0.5, 0.6) is 0 Å². The summed E-state index contributed by atoms with van der Waals surface area (Å²) in [5, 5.41) is 0. The molecule has 13 heavy (non-hydrogen) atoms. The van der Waals surface area contributed by atoms with Gasteiger partial charge in [0.1, 0.15) is 0 Å². The molecule has 0 saturated carbocycles. The van der Waals surface area contributed by atoms with Gasteiger partial charge in [-0.25, -0.2) is 0 Å². The van der Waals surface area contributed by atoms with Gasteiger partial charge in [-0.05, 0) is 33.6 Å². The molecule has 2 fully saturated rings. The predicted octanol–water partition coefficient (Wildman–Crippen LogP) is 1.58. The monoisotopic (exact) mass is 185 g/mol. The second kappa shape index (κ2) is 3.23. The molecule has 2 unspecified atom stereocenters. The maximum absolute atomic E-state index is 5.71. The molecule has 2 heterocycles. The van der Waals surface area contributed by atoms with E-state index in [2.05, 4.69) is 25.7 Å². The lowest BCUT2D eigenvalue weighted by Crippen LogP contribution is -2.28.